The quantitative estimate of drug-likeness (QED) is 0.553. The minimum atomic E-state index is 0.836. The van der Waals surface area contributed by atoms with Gasteiger partial charge >= 0.3 is 0 Å². The monoisotopic (exact) mass is 159 g/mol. The third-order valence-electron chi connectivity index (χ3n) is 2.02. The topological polar surface area (TPSA) is 4.36 Å². The summed E-state index contributed by atoms with van der Waals surface area (Å²) in [4.78, 5) is 3.53. The molecule has 1 aromatic rings. The van der Waals surface area contributed by atoms with E-state index in [0.29, 0.717) is 0 Å². The summed E-state index contributed by atoms with van der Waals surface area (Å²) in [6, 6.07) is 4.16. The molecule has 1 aromatic carbocycles. The molecule has 62 valence electrons. The van der Waals surface area contributed by atoms with Crippen molar-refractivity contribution in [2.45, 2.75) is 27.2 Å². The molecule has 0 heterocycles. The van der Waals surface area contributed by atoms with Crippen molar-refractivity contribution >= 4 is 5.69 Å². The first-order valence-electron chi connectivity index (χ1n) is 4.16. The number of rotatable bonds is 1. The maximum atomic E-state index is 7.02. The molecule has 0 atom stereocenters. The standard InChI is InChI=1S/C11H13N/c1-5-10-7-8(2)6-9(3)11(10)12-4/h6-7H,5H2,1-3H3. The van der Waals surface area contributed by atoms with Crippen LogP contribution in [0.4, 0.5) is 5.69 Å². The van der Waals surface area contributed by atoms with Gasteiger partial charge in [-0.1, -0.05) is 24.6 Å². The second-order valence-corrected chi connectivity index (χ2v) is 3.05. The molecular formula is C11H13N. The average molecular weight is 159 g/mol. The highest BCUT2D eigenvalue weighted by Gasteiger charge is 2.03. The van der Waals surface area contributed by atoms with Crippen molar-refractivity contribution in [2.75, 3.05) is 0 Å². The first-order chi connectivity index (χ1) is 5.69. The summed E-state index contributed by atoms with van der Waals surface area (Å²) >= 11 is 0. The Morgan fingerprint density at radius 3 is 2.50 bits per heavy atom. The summed E-state index contributed by atoms with van der Waals surface area (Å²) in [6.45, 7) is 13.2. The Balaban J connectivity index is 3.36. The van der Waals surface area contributed by atoms with Crippen LogP contribution in [-0.2, 0) is 6.42 Å². The van der Waals surface area contributed by atoms with E-state index < -0.39 is 0 Å². The Kier molecular flexibility index (Phi) is 2.50. The highest BCUT2D eigenvalue weighted by atomic mass is 14.7. The molecule has 0 aliphatic heterocycles. The molecule has 0 unspecified atom stereocenters. The van der Waals surface area contributed by atoms with Gasteiger partial charge in [0.15, 0.2) is 5.69 Å². The number of hydrogen-bond acceptors (Lipinski definition) is 0. The summed E-state index contributed by atoms with van der Waals surface area (Å²) in [5.74, 6) is 0. The maximum Gasteiger partial charge on any atom is 0.193 e. The minimum Gasteiger partial charge on any atom is -0.238 e. The van der Waals surface area contributed by atoms with E-state index in [4.69, 9.17) is 6.57 Å². The van der Waals surface area contributed by atoms with Gasteiger partial charge in [0.25, 0.3) is 0 Å². The summed E-state index contributed by atoms with van der Waals surface area (Å²) in [6.07, 6.45) is 0.945. The Hall–Kier alpha value is -1.29. The Morgan fingerprint density at radius 2 is 2.00 bits per heavy atom. The van der Waals surface area contributed by atoms with Crippen molar-refractivity contribution in [2.24, 2.45) is 0 Å². The highest BCUT2D eigenvalue weighted by Crippen LogP contribution is 2.25. The highest BCUT2D eigenvalue weighted by molar-refractivity contribution is 5.59. The molecule has 0 saturated carbocycles. The molecule has 0 radical (unpaired) electrons. The molecule has 0 N–H and O–H groups in total. The molecule has 0 aliphatic rings. The van der Waals surface area contributed by atoms with Gasteiger partial charge in [-0.3, -0.25) is 0 Å². The molecule has 0 amide bonds. The van der Waals surface area contributed by atoms with Crippen molar-refractivity contribution in [1.29, 1.82) is 0 Å². The molecular weight excluding hydrogens is 146 g/mol. The summed E-state index contributed by atoms with van der Waals surface area (Å²) in [5.41, 5.74) is 4.35. The first kappa shape index (κ1) is 8.80. The van der Waals surface area contributed by atoms with Crippen molar-refractivity contribution in [1.82, 2.24) is 0 Å². The van der Waals surface area contributed by atoms with Crippen molar-refractivity contribution < 1.29 is 0 Å². The molecule has 0 saturated heterocycles. The fourth-order valence-corrected chi connectivity index (χ4v) is 1.48. The molecule has 0 fully saturated rings. The lowest BCUT2D eigenvalue weighted by Crippen LogP contribution is -1.85. The van der Waals surface area contributed by atoms with E-state index in [9.17, 15) is 0 Å². The van der Waals surface area contributed by atoms with Crippen LogP contribution in [0.15, 0.2) is 12.1 Å². The van der Waals surface area contributed by atoms with E-state index in [1.165, 1.54) is 11.1 Å². The van der Waals surface area contributed by atoms with Crippen molar-refractivity contribution in [3.05, 3.63) is 40.2 Å². The van der Waals surface area contributed by atoms with Crippen LogP contribution in [0, 0.1) is 20.4 Å². The molecule has 12 heavy (non-hydrogen) atoms. The zero-order valence-corrected chi connectivity index (χ0v) is 7.81. The number of aryl methyl sites for hydroxylation is 3. The molecule has 1 nitrogen and oxygen atoms in total. The SMILES string of the molecule is [C-]#[N+]c1c(C)cc(C)cc1CC. The lowest BCUT2D eigenvalue weighted by Gasteiger charge is -2.05. The van der Waals surface area contributed by atoms with E-state index in [1.54, 1.807) is 0 Å². The van der Waals surface area contributed by atoms with Crippen molar-refractivity contribution in [3.63, 3.8) is 0 Å². The average Bonchev–Trinajstić information content (AvgIpc) is 2.03. The second kappa shape index (κ2) is 3.40. The van der Waals surface area contributed by atoms with Gasteiger partial charge in [-0.15, -0.1) is 0 Å². The van der Waals surface area contributed by atoms with E-state index in [1.807, 2.05) is 6.92 Å². The number of nitrogens with zero attached hydrogens (tertiary/aromatic N) is 1. The fraction of sp³-hybridized carbons (Fsp3) is 0.364. The van der Waals surface area contributed by atoms with Crippen LogP contribution in [0.25, 0.3) is 4.85 Å². The van der Waals surface area contributed by atoms with E-state index in [-0.39, 0.29) is 0 Å². The third kappa shape index (κ3) is 1.48. The second-order valence-electron chi connectivity index (χ2n) is 3.05. The fourth-order valence-electron chi connectivity index (χ4n) is 1.48. The van der Waals surface area contributed by atoms with Gasteiger partial charge < -0.3 is 0 Å². The van der Waals surface area contributed by atoms with Gasteiger partial charge in [0.05, 0.1) is 6.57 Å². The lowest BCUT2D eigenvalue weighted by molar-refractivity contribution is 1.13. The summed E-state index contributed by atoms with van der Waals surface area (Å²) in [7, 11) is 0. The molecule has 0 spiro atoms. The van der Waals surface area contributed by atoms with Gasteiger partial charge in [-0.05, 0) is 31.4 Å². The molecule has 0 aliphatic carbocycles. The van der Waals surface area contributed by atoms with Crippen LogP contribution in [-0.4, -0.2) is 0 Å². The zero-order chi connectivity index (χ0) is 9.14. The van der Waals surface area contributed by atoms with E-state index in [2.05, 4.69) is 30.8 Å². The van der Waals surface area contributed by atoms with Crippen molar-refractivity contribution in [3.8, 4) is 0 Å². The lowest BCUT2D eigenvalue weighted by atomic mass is 10.0. The maximum absolute atomic E-state index is 7.02. The zero-order valence-electron chi connectivity index (χ0n) is 7.81. The molecule has 1 heteroatoms. The summed E-state index contributed by atoms with van der Waals surface area (Å²) in [5, 5.41) is 0. The van der Waals surface area contributed by atoms with Crippen LogP contribution in [0.2, 0.25) is 0 Å². The van der Waals surface area contributed by atoms with Crippen LogP contribution in [0.3, 0.4) is 0 Å². The molecule has 1 rings (SSSR count). The van der Waals surface area contributed by atoms with Gasteiger partial charge in [-0.2, -0.15) is 0 Å². The molecule has 0 aromatic heterocycles. The Labute approximate surface area is 73.9 Å². The largest absolute Gasteiger partial charge is 0.238 e. The normalized spacial score (nSPS) is 9.50. The van der Waals surface area contributed by atoms with Crippen LogP contribution >= 0.6 is 0 Å². The smallest absolute Gasteiger partial charge is 0.193 e. The Bertz CT molecular complexity index is 332. The third-order valence-corrected chi connectivity index (χ3v) is 2.02. The van der Waals surface area contributed by atoms with E-state index >= 15 is 0 Å². The van der Waals surface area contributed by atoms with Gasteiger partial charge in [0.1, 0.15) is 0 Å². The number of benzene rings is 1. The van der Waals surface area contributed by atoms with Crippen LogP contribution in [0.1, 0.15) is 23.6 Å². The predicted octanol–water partition coefficient (Wildman–Crippen LogP) is 3.42. The summed E-state index contributed by atoms with van der Waals surface area (Å²) < 4.78 is 0. The van der Waals surface area contributed by atoms with Gasteiger partial charge in [0, 0.05) is 0 Å². The number of hydrogen-bond donors (Lipinski definition) is 0. The first-order valence-corrected chi connectivity index (χ1v) is 4.16. The van der Waals surface area contributed by atoms with Gasteiger partial charge in [-0.25, -0.2) is 4.85 Å². The van der Waals surface area contributed by atoms with Crippen LogP contribution in [0.5, 0.6) is 0 Å². The van der Waals surface area contributed by atoms with E-state index in [0.717, 1.165) is 17.7 Å². The Morgan fingerprint density at radius 1 is 1.33 bits per heavy atom. The van der Waals surface area contributed by atoms with Gasteiger partial charge in [0.2, 0.25) is 0 Å². The van der Waals surface area contributed by atoms with Crippen LogP contribution < -0.4 is 0 Å². The molecule has 0 bridgehead atoms. The minimum absolute atomic E-state index is 0.836. The predicted molar refractivity (Wildman–Crippen MR) is 51.6 cm³/mol.